The summed E-state index contributed by atoms with van der Waals surface area (Å²) in [6, 6.07) is 17.6. The smallest absolute Gasteiger partial charge is 0.246 e. The highest BCUT2D eigenvalue weighted by Crippen LogP contribution is 2.36. The molecule has 0 saturated carbocycles. The number of rotatable bonds is 8. The van der Waals surface area contributed by atoms with Gasteiger partial charge in [-0.3, -0.25) is 14.5 Å². The van der Waals surface area contributed by atoms with Gasteiger partial charge < -0.3 is 15.0 Å². The molecule has 2 aliphatic heterocycles. The molecule has 4 rings (SSSR count). The van der Waals surface area contributed by atoms with Crippen LogP contribution in [0.25, 0.3) is 0 Å². The first-order valence-electron chi connectivity index (χ1n) is 13.4. The second-order valence-electron chi connectivity index (χ2n) is 11.5. The van der Waals surface area contributed by atoms with Crippen molar-refractivity contribution in [1.29, 1.82) is 0 Å². The van der Waals surface area contributed by atoms with Crippen LogP contribution in [0.5, 0.6) is 11.5 Å². The summed E-state index contributed by atoms with van der Waals surface area (Å²) in [5.74, 6) is 1.77. The van der Waals surface area contributed by atoms with Crippen molar-refractivity contribution in [3.8, 4) is 11.5 Å². The first kappa shape index (κ1) is 29.0. The summed E-state index contributed by atoms with van der Waals surface area (Å²) in [5.41, 5.74) is 0.466. The third kappa shape index (κ3) is 7.05. The largest absolute Gasteiger partial charge is 0.457 e. The highest BCUT2D eigenvalue weighted by atomic mass is 35.5. The van der Waals surface area contributed by atoms with Crippen LogP contribution in [0.4, 0.5) is 0 Å². The number of amides is 2. The van der Waals surface area contributed by atoms with Gasteiger partial charge >= 0.3 is 0 Å². The number of hydrogen-bond acceptors (Lipinski definition) is 4. The second-order valence-corrected chi connectivity index (χ2v) is 11.5. The summed E-state index contributed by atoms with van der Waals surface area (Å²) in [6.45, 7) is 11.5. The average molecular weight is 528 g/mol. The topological polar surface area (TPSA) is 61.9 Å². The molecule has 7 heteroatoms. The van der Waals surface area contributed by atoms with Gasteiger partial charge in [0.15, 0.2) is 0 Å². The number of halogens is 1. The summed E-state index contributed by atoms with van der Waals surface area (Å²) < 4.78 is 5.91. The van der Waals surface area contributed by atoms with Crippen LogP contribution in [0.1, 0.15) is 65.4 Å². The minimum atomic E-state index is -0.718. The van der Waals surface area contributed by atoms with Gasteiger partial charge in [0, 0.05) is 26.2 Å². The third-order valence-electron chi connectivity index (χ3n) is 7.35. The van der Waals surface area contributed by atoms with E-state index in [0.29, 0.717) is 25.8 Å². The summed E-state index contributed by atoms with van der Waals surface area (Å²) >= 11 is 0. The fraction of sp³-hybridized carbons (Fsp3) is 0.533. The Bertz CT molecular complexity index is 1030. The van der Waals surface area contributed by atoms with Crippen LogP contribution in [0.15, 0.2) is 54.6 Å². The average Bonchev–Trinajstić information content (AvgIpc) is 2.85. The van der Waals surface area contributed by atoms with Gasteiger partial charge in [0.05, 0.1) is 0 Å². The van der Waals surface area contributed by atoms with Gasteiger partial charge in [-0.25, -0.2) is 0 Å². The maximum absolute atomic E-state index is 13.5. The quantitative estimate of drug-likeness (QED) is 0.471. The number of benzene rings is 2. The molecule has 0 bridgehead atoms. The predicted octanol–water partition coefficient (Wildman–Crippen LogP) is 5.80. The number of carbonyl (C=O) groups excluding carboxylic acids is 2. The molecule has 2 heterocycles. The van der Waals surface area contributed by atoms with Gasteiger partial charge in [0.1, 0.15) is 23.1 Å². The molecule has 2 saturated heterocycles. The first-order valence-corrected chi connectivity index (χ1v) is 13.4. The third-order valence-corrected chi connectivity index (χ3v) is 7.35. The van der Waals surface area contributed by atoms with Crippen molar-refractivity contribution in [2.24, 2.45) is 5.41 Å². The summed E-state index contributed by atoms with van der Waals surface area (Å²) in [4.78, 5) is 31.4. The van der Waals surface area contributed by atoms with E-state index < -0.39 is 11.6 Å². The van der Waals surface area contributed by atoms with Crippen LogP contribution in [0.3, 0.4) is 0 Å². The molecule has 0 aliphatic carbocycles. The lowest BCUT2D eigenvalue weighted by Gasteiger charge is -2.52. The zero-order chi connectivity index (χ0) is 25.8. The van der Waals surface area contributed by atoms with Crippen molar-refractivity contribution in [3.63, 3.8) is 0 Å². The highest BCUT2D eigenvalue weighted by molar-refractivity contribution is 6.00. The molecule has 2 aliphatic rings. The molecule has 2 amide bonds. The minimum absolute atomic E-state index is 0. The number of piperidine rings is 1. The van der Waals surface area contributed by atoms with Crippen molar-refractivity contribution < 1.29 is 14.3 Å². The Morgan fingerprint density at radius 2 is 1.59 bits per heavy atom. The first-order chi connectivity index (χ1) is 17.2. The van der Waals surface area contributed by atoms with Crippen molar-refractivity contribution in [1.82, 2.24) is 15.1 Å². The maximum Gasteiger partial charge on any atom is 0.246 e. The number of ether oxygens (including phenoxy) is 1. The van der Waals surface area contributed by atoms with Crippen LogP contribution in [-0.4, -0.2) is 52.8 Å². The fourth-order valence-corrected chi connectivity index (χ4v) is 5.39. The molecule has 37 heavy (non-hydrogen) atoms. The van der Waals surface area contributed by atoms with Crippen LogP contribution in [0, 0.1) is 5.41 Å². The van der Waals surface area contributed by atoms with E-state index in [1.54, 1.807) is 0 Å². The van der Waals surface area contributed by atoms with E-state index in [1.807, 2.05) is 47.4 Å². The number of para-hydroxylation sites is 1. The van der Waals surface area contributed by atoms with Gasteiger partial charge in [-0.15, -0.1) is 12.4 Å². The Balaban J connectivity index is 0.00000380. The van der Waals surface area contributed by atoms with Crippen molar-refractivity contribution in [3.05, 3.63) is 60.2 Å². The number of unbranched alkanes of at least 4 members (excludes halogenated alkanes) is 1. The lowest BCUT2D eigenvalue weighted by atomic mass is 9.79. The molecule has 1 atom stereocenters. The van der Waals surface area contributed by atoms with E-state index in [9.17, 15) is 9.59 Å². The number of likely N-dealkylation sites (tertiary alicyclic amines) is 1. The van der Waals surface area contributed by atoms with Crippen LogP contribution < -0.4 is 10.1 Å². The summed E-state index contributed by atoms with van der Waals surface area (Å²) in [5, 5.41) is 3.12. The van der Waals surface area contributed by atoms with E-state index in [2.05, 4.69) is 50.0 Å². The van der Waals surface area contributed by atoms with Gasteiger partial charge in [-0.05, 0) is 60.9 Å². The Kier molecular flexibility index (Phi) is 9.65. The van der Waals surface area contributed by atoms with E-state index in [4.69, 9.17) is 4.74 Å². The maximum atomic E-state index is 13.5. The minimum Gasteiger partial charge on any atom is -0.457 e. The van der Waals surface area contributed by atoms with Crippen molar-refractivity contribution in [2.45, 2.75) is 77.9 Å². The SMILES string of the molecule is CCCCN1C(=O)[C@@H](CC(C)(C)C)NC(=O)C12CCN(Cc1ccc(Oc3ccccc3)cc1)CC2.Cl. The molecule has 0 aromatic heterocycles. The molecule has 0 unspecified atom stereocenters. The molecule has 0 radical (unpaired) electrons. The standard InChI is InChI=1S/C30H41N3O3.ClH/c1-5-6-18-33-27(34)26(21-29(2,3)4)31-28(35)30(33)16-19-32(20-17-30)22-23-12-14-25(15-13-23)36-24-10-8-7-9-11-24;/h7-15,26H,5-6,16-22H2,1-4H3,(H,31,35);1H/t26-;/m1./s1. The molecule has 2 fully saturated rings. The van der Waals surface area contributed by atoms with Crippen LogP contribution in [-0.2, 0) is 16.1 Å². The van der Waals surface area contributed by atoms with Crippen molar-refractivity contribution in [2.75, 3.05) is 19.6 Å². The van der Waals surface area contributed by atoms with E-state index in [1.165, 1.54) is 5.56 Å². The molecule has 6 nitrogen and oxygen atoms in total. The number of hydrogen-bond donors (Lipinski definition) is 1. The highest BCUT2D eigenvalue weighted by Gasteiger charge is 2.53. The number of carbonyl (C=O) groups is 2. The number of piperazine rings is 1. The van der Waals surface area contributed by atoms with Gasteiger partial charge in [-0.1, -0.05) is 64.4 Å². The number of nitrogens with zero attached hydrogens (tertiary/aromatic N) is 2. The summed E-state index contributed by atoms with van der Waals surface area (Å²) in [7, 11) is 0. The molecule has 2 aromatic rings. The molecule has 1 N–H and O–H groups in total. The van der Waals surface area contributed by atoms with E-state index >= 15 is 0 Å². The Labute approximate surface area is 228 Å². The molecule has 1 spiro atoms. The summed E-state index contributed by atoms with van der Waals surface area (Å²) in [6.07, 6.45) is 3.93. The second kappa shape index (κ2) is 12.3. The van der Waals surface area contributed by atoms with Crippen molar-refractivity contribution >= 4 is 24.2 Å². The Hall–Kier alpha value is -2.57. The monoisotopic (exact) mass is 527 g/mol. The predicted molar refractivity (Wildman–Crippen MR) is 150 cm³/mol. The van der Waals surface area contributed by atoms with Gasteiger partial charge in [0.2, 0.25) is 11.8 Å². The van der Waals surface area contributed by atoms with E-state index in [0.717, 1.165) is 44.0 Å². The molecular weight excluding hydrogens is 486 g/mol. The molecular formula is C30H42ClN3O3. The lowest BCUT2D eigenvalue weighted by Crippen LogP contribution is -2.73. The number of nitrogens with one attached hydrogen (secondary N) is 1. The normalized spacial score (nSPS) is 19.9. The van der Waals surface area contributed by atoms with Gasteiger partial charge in [0.25, 0.3) is 0 Å². The zero-order valence-corrected chi connectivity index (χ0v) is 23.5. The molecule has 202 valence electrons. The van der Waals surface area contributed by atoms with Crippen LogP contribution in [0.2, 0.25) is 0 Å². The van der Waals surface area contributed by atoms with Crippen LogP contribution >= 0.6 is 12.4 Å². The van der Waals surface area contributed by atoms with E-state index in [-0.39, 0.29) is 29.6 Å². The lowest BCUT2D eigenvalue weighted by molar-refractivity contribution is -0.162. The van der Waals surface area contributed by atoms with Gasteiger partial charge in [-0.2, -0.15) is 0 Å². The molecule has 2 aromatic carbocycles. The Morgan fingerprint density at radius 3 is 2.19 bits per heavy atom. The zero-order valence-electron chi connectivity index (χ0n) is 22.7. The fourth-order valence-electron chi connectivity index (χ4n) is 5.39. The Morgan fingerprint density at radius 1 is 0.973 bits per heavy atom.